The third-order valence-electron chi connectivity index (χ3n) is 5.23. The quantitative estimate of drug-likeness (QED) is 0.350. The molecule has 6 N–H and O–H groups in total. The van der Waals surface area contributed by atoms with Crippen LogP contribution in [0.4, 0.5) is 0 Å². The molecule has 0 atom stereocenters. The molecule has 0 radical (unpaired) electrons. The smallest absolute Gasteiger partial charge is 0.162 e. The predicted molar refractivity (Wildman–Crippen MR) is 112 cm³/mol. The topological polar surface area (TPSA) is 119 Å². The molecule has 2 aliphatic rings. The highest BCUT2D eigenvalue weighted by Crippen LogP contribution is 2.40. The maximum absolute atomic E-state index is 10.3. The van der Waals surface area contributed by atoms with Gasteiger partial charge in [0, 0.05) is 49.1 Å². The molecule has 8 heteroatoms. The van der Waals surface area contributed by atoms with Crippen LogP contribution in [0.2, 0.25) is 0 Å². The number of aromatic hydroxyl groups is 1. The van der Waals surface area contributed by atoms with Gasteiger partial charge in [0.1, 0.15) is 10.8 Å². The lowest BCUT2D eigenvalue weighted by Crippen LogP contribution is -2.60. The van der Waals surface area contributed by atoms with Crippen molar-refractivity contribution < 1.29 is 5.11 Å². The number of thioether (sulfide) groups is 1. The van der Waals surface area contributed by atoms with Crippen LogP contribution in [-0.4, -0.2) is 59.7 Å². The number of allylic oxidation sites excluding steroid dienone is 1. The van der Waals surface area contributed by atoms with E-state index < -0.39 is 0 Å². The van der Waals surface area contributed by atoms with E-state index in [0.717, 1.165) is 50.8 Å². The summed E-state index contributed by atoms with van der Waals surface area (Å²) in [5, 5.41) is 41.1. The fraction of sp³-hybridized carbons (Fsp3) is 0.421. The van der Waals surface area contributed by atoms with Gasteiger partial charge in [0.15, 0.2) is 5.17 Å². The summed E-state index contributed by atoms with van der Waals surface area (Å²) in [7, 11) is 1.75. The average Bonchev–Trinajstić information content (AvgIpc) is 2.64. The van der Waals surface area contributed by atoms with Crippen LogP contribution in [0.1, 0.15) is 24.0 Å². The molecule has 2 heterocycles. The van der Waals surface area contributed by atoms with Gasteiger partial charge in [0.25, 0.3) is 0 Å². The van der Waals surface area contributed by atoms with E-state index in [9.17, 15) is 5.11 Å². The maximum atomic E-state index is 10.3. The van der Waals surface area contributed by atoms with E-state index in [1.807, 2.05) is 4.90 Å². The predicted octanol–water partition coefficient (Wildman–Crippen LogP) is 2.28. The number of nitrogens with one attached hydrogen (secondary N) is 5. The van der Waals surface area contributed by atoms with E-state index in [1.54, 1.807) is 31.4 Å². The Kier molecular flexibility index (Phi) is 5.86. The Bertz CT molecular complexity index is 776. The number of likely N-dealkylation sites (tertiary alicyclic amines) is 1. The van der Waals surface area contributed by atoms with Crippen molar-refractivity contribution in [2.24, 2.45) is 5.41 Å². The van der Waals surface area contributed by atoms with Crippen molar-refractivity contribution >= 4 is 33.8 Å². The molecule has 1 aromatic rings. The molecule has 144 valence electrons. The minimum atomic E-state index is -0.0138. The van der Waals surface area contributed by atoms with Gasteiger partial charge in [0.05, 0.1) is 0 Å². The Balaban J connectivity index is 1.62. The first kappa shape index (κ1) is 19.4. The van der Waals surface area contributed by atoms with E-state index >= 15 is 0 Å². The van der Waals surface area contributed by atoms with Crippen molar-refractivity contribution in [1.29, 1.82) is 16.2 Å². The molecule has 0 unspecified atom stereocenters. The fourth-order valence-corrected chi connectivity index (χ4v) is 4.40. The molecule has 1 spiro atoms. The van der Waals surface area contributed by atoms with Crippen molar-refractivity contribution in [3.05, 3.63) is 35.5 Å². The number of piperidine rings is 1. The second-order valence-corrected chi connectivity index (χ2v) is 8.11. The summed E-state index contributed by atoms with van der Waals surface area (Å²) in [6.07, 6.45) is 5.19. The van der Waals surface area contributed by atoms with Gasteiger partial charge in [-0.2, -0.15) is 0 Å². The van der Waals surface area contributed by atoms with Crippen LogP contribution in [0.25, 0.3) is 5.57 Å². The van der Waals surface area contributed by atoms with Gasteiger partial charge in [-0.15, -0.1) is 0 Å². The Hall–Kier alpha value is -2.32. The first-order chi connectivity index (χ1) is 13.0. The normalized spacial score (nSPS) is 18.7. The van der Waals surface area contributed by atoms with Crippen LogP contribution in [0.5, 0.6) is 5.75 Å². The highest BCUT2D eigenvalue weighted by molar-refractivity contribution is 8.26. The molecular formula is C19H26N6OS. The minimum Gasteiger partial charge on any atom is -0.507 e. The zero-order chi connectivity index (χ0) is 19.4. The maximum Gasteiger partial charge on any atom is 0.162 e. The Morgan fingerprint density at radius 3 is 2.59 bits per heavy atom. The number of phenolic OH excluding ortho intramolecular Hbond substituents is 1. The lowest BCUT2D eigenvalue weighted by Gasteiger charge is -2.53. The molecular weight excluding hydrogens is 360 g/mol. The van der Waals surface area contributed by atoms with Crippen LogP contribution in [-0.2, 0) is 0 Å². The molecule has 2 fully saturated rings. The summed E-state index contributed by atoms with van der Waals surface area (Å²) in [6, 6.07) is 5.00. The molecule has 3 rings (SSSR count). The summed E-state index contributed by atoms with van der Waals surface area (Å²) >= 11 is 1.07. The first-order valence-corrected chi connectivity index (χ1v) is 9.82. The monoisotopic (exact) mass is 386 g/mol. The van der Waals surface area contributed by atoms with Gasteiger partial charge >= 0.3 is 0 Å². The number of phenols is 1. The van der Waals surface area contributed by atoms with Crippen molar-refractivity contribution in [2.45, 2.75) is 12.8 Å². The lowest BCUT2D eigenvalue weighted by atomic mass is 9.73. The first-order valence-electron chi connectivity index (χ1n) is 9.00. The molecule has 2 saturated heterocycles. The van der Waals surface area contributed by atoms with E-state index in [4.69, 9.17) is 16.2 Å². The second kappa shape index (κ2) is 8.14. The standard InChI is InChI=1S/C19H26N6OS/c1-23-10-14(9-20)13-2-3-15(16(26)8-13)17(21)27-18(22)25-11-19(12-25)4-6-24-7-5-19/h2-3,8-10,20-24,26H,4-7,11-12H2,1H3/b14-10+,20-9?,21-17?,22-18?. The zero-order valence-electron chi connectivity index (χ0n) is 15.4. The van der Waals surface area contributed by atoms with Gasteiger partial charge in [-0.3, -0.25) is 10.8 Å². The minimum absolute atomic E-state index is 0.0138. The number of hydrogen-bond acceptors (Lipinski definition) is 7. The second-order valence-electron chi connectivity index (χ2n) is 7.11. The lowest BCUT2D eigenvalue weighted by molar-refractivity contribution is 0.0293. The van der Waals surface area contributed by atoms with Gasteiger partial charge in [0.2, 0.25) is 0 Å². The zero-order valence-corrected chi connectivity index (χ0v) is 16.2. The third-order valence-corrected chi connectivity index (χ3v) is 6.11. The number of amidine groups is 1. The molecule has 0 aliphatic carbocycles. The van der Waals surface area contributed by atoms with Crippen LogP contribution in [0.3, 0.4) is 0 Å². The average molecular weight is 387 g/mol. The van der Waals surface area contributed by atoms with Crippen molar-refractivity contribution in [2.75, 3.05) is 33.2 Å². The summed E-state index contributed by atoms with van der Waals surface area (Å²) in [5.74, 6) is -0.0138. The highest BCUT2D eigenvalue weighted by Gasteiger charge is 2.44. The molecule has 7 nitrogen and oxygen atoms in total. The van der Waals surface area contributed by atoms with Crippen molar-refractivity contribution in [1.82, 2.24) is 15.5 Å². The van der Waals surface area contributed by atoms with Crippen molar-refractivity contribution in [3.8, 4) is 5.75 Å². The van der Waals surface area contributed by atoms with E-state index in [2.05, 4.69) is 10.6 Å². The van der Waals surface area contributed by atoms with Crippen LogP contribution in [0.15, 0.2) is 24.4 Å². The van der Waals surface area contributed by atoms with Crippen LogP contribution >= 0.6 is 11.8 Å². The van der Waals surface area contributed by atoms with Crippen LogP contribution in [0, 0.1) is 21.6 Å². The van der Waals surface area contributed by atoms with E-state index in [1.165, 1.54) is 6.21 Å². The number of rotatable bonds is 4. The van der Waals surface area contributed by atoms with Gasteiger partial charge < -0.3 is 26.0 Å². The van der Waals surface area contributed by atoms with E-state index in [0.29, 0.717) is 27.3 Å². The van der Waals surface area contributed by atoms with Crippen molar-refractivity contribution in [3.63, 3.8) is 0 Å². The van der Waals surface area contributed by atoms with Gasteiger partial charge in [-0.25, -0.2) is 0 Å². The number of benzene rings is 1. The molecule has 27 heavy (non-hydrogen) atoms. The summed E-state index contributed by atoms with van der Waals surface area (Å²) in [5.41, 5.74) is 2.08. The summed E-state index contributed by atoms with van der Waals surface area (Å²) in [4.78, 5) is 2.01. The number of hydrogen-bond donors (Lipinski definition) is 6. The van der Waals surface area contributed by atoms with Crippen LogP contribution < -0.4 is 10.6 Å². The Labute approximate surface area is 163 Å². The molecule has 2 aliphatic heterocycles. The molecule has 1 aromatic carbocycles. The third kappa shape index (κ3) is 4.17. The van der Waals surface area contributed by atoms with Gasteiger partial charge in [-0.1, -0.05) is 6.07 Å². The molecule has 0 bridgehead atoms. The number of nitrogens with zero attached hydrogens (tertiary/aromatic N) is 1. The molecule has 0 amide bonds. The van der Waals surface area contributed by atoms with E-state index in [-0.39, 0.29) is 10.8 Å². The Morgan fingerprint density at radius 1 is 1.30 bits per heavy atom. The summed E-state index contributed by atoms with van der Waals surface area (Å²) < 4.78 is 0. The molecule has 0 aromatic heterocycles. The highest BCUT2D eigenvalue weighted by atomic mass is 32.2. The SMILES string of the molecule is CN/C=C(\C=N)c1ccc(C(=N)SC(=N)N2CC3(CCNCC3)C2)c(O)c1. The largest absolute Gasteiger partial charge is 0.507 e. The van der Waals surface area contributed by atoms with Gasteiger partial charge in [-0.05, 0) is 55.4 Å². The Morgan fingerprint density at radius 2 is 2.00 bits per heavy atom. The summed E-state index contributed by atoms with van der Waals surface area (Å²) in [6.45, 7) is 3.86. The molecule has 0 saturated carbocycles. The fourth-order valence-electron chi connectivity index (χ4n) is 3.66.